The molecule has 2 aliphatic carbocycles. The molecule has 0 amide bonds. The van der Waals surface area contributed by atoms with Gasteiger partial charge in [-0.25, -0.2) is 0 Å². The van der Waals surface area contributed by atoms with Crippen LogP contribution in [0.3, 0.4) is 0 Å². The van der Waals surface area contributed by atoms with Gasteiger partial charge in [0.25, 0.3) is 0 Å². The van der Waals surface area contributed by atoms with Crippen molar-refractivity contribution in [2.45, 2.75) is 62.2 Å². The number of piperidine rings is 1. The van der Waals surface area contributed by atoms with Crippen molar-refractivity contribution in [2.24, 2.45) is 5.92 Å². The van der Waals surface area contributed by atoms with Gasteiger partial charge in [0.05, 0.1) is 5.41 Å². The van der Waals surface area contributed by atoms with Crippen LogP contribution in [0.4, 0.5) is 0 Å². The summed E-state index contributed by atoms with van der Waals surface area (Å²) in [4.78, 5) is 2.50. The van der Waals surface area contributed by atoms with Gasteiger partial charge in [-0.15, -0.1) is 0 Å². The maximum Gasteiger partial charge on any atom is 0.341 e. The van der Waals surface area contributed by atoms with Crippen molar-refractivity contribution >= 4 is 10.5 Å². The lowest BCUT2D eigenvalue weighted by molar-refractivity contribution is -0.126. The summed E-state index contributed by atoms with van der Waals surface area (Å²) in [7, 11) is 5.45. The normalized spacial score (nSPS) is 39.5. The molecule has 3 radical (unpaired) electrons. The molecule has 4 nitrogen and oxygen atoms in total. The van der Waals surface area contributed by atoms with Crippen LogP contribution in [0.1, 0.15) is 43.7 Å². The second-order valence-corrected chi connectivity index (χ2v) is 8.66. The molecule has 1 N–H and O–H groups in total. The summed E-state index contributed by atoms with van der Waals surface area (Å²) >= 11 is 0. The zero-order chi connectivity index (χ0) is 18.1. The van der Waals surface area contributed by atoms with Crippen molar-refractivity contribution in [3.63, 3.8) is 0 Å². The molecule has 0 aromatic heterocycles. The number of likely N-dealkylation sites (tertiary alicyclic amines) is 1. The van der Waals surface area contributed by atoms with Crippen LogP contribution in [0.2, 0.25) is 0 Å². The Morgan fingerprint density at radius 3 is 3.00 bits per heavy atom. The van der Waals surface area contributed by atoms with Crippen LogP contribution in [0.25, 0.3) is 0 Å². The third kappa shape index (κ3) is 1.77. The summed E-state index contributed by atoms with van der Waals surface area (Å²) in [5.41, 5.74) is 1.93. The fourth-order valence-corrected chi connectivity index (χ4v) is 6.53. The van der Waals surface area contributed by atoms with E-state index in [1.165, 1.54) is 11.1 Å². The fraction of sp³-hybridized carbons (Fsp3) is 0.619. The second kappa shape index (κ2) is 5.60. The first kappa shape index (κ1) is 16.8. The molecule has 2 heterocycles. The predicted octanol–water partition coefficient (Wildman–Crippen LogP) is 2.52. The zero-order valence-corrected chi connectivity index (χ0v) is 16.5. The Labute approximate surface area is 158 Å². The number of rotatable bonds is 4. The van der Waals surface area contributed by atoms with E-state index >= 15 is 0 Å². The van der Waals surface area contributed by atoms with Gasteiger partial charge in [0.15, 0.2) is 5.75 Å². The van der Waals surface area contributed by atoms with E-state index in [4.69, 9.17) is 9.16 Å². The summed E-state index contributed by atoms with van der Waals surface area (Å²) < 4.78 is 12.2. The smallest absolute Gasteiger partial charge is 0.341 e. The molecule has 137 valence electrons. The standard InChI is InChI=1S/C21H26NO3Si/c1-3-4-9-21-17(23)8-6-14-15-12-13-5-7-16(25-26)19(24-21)18(13)20(14,21)10-11-22(15)2/h5-8,14-15,17,23H,3-4,9-12H2,1-2H3/t14-,15+,17-,20-,21-/m0/s1. The summed E-state index contributed by atoms with van der Waals surface area (Å²) in [5.74, 6) is 1.95. The Morgan fingerprint density at radius 1 is 1.38 bits per heavy atom. The minimum atomic E-state index is -0.588. The molecule has 1 saturated heterocycles. The molecule has 0 saturated carbocycles. The molecule has 0 unspecified atom stereocenters. The van der Waals surface area contributed by atoms with E-state index in [9.17, 15) is 5.11 Å². The SMILES string of the molecule is CCCC[C@@]12Oc3c(O[Si])ccc4c3[C@@]13CCN(C)[C@H](C4)[C@@H]3C=C[C@@H]2O. The highest BCUT2D eigenvalue weighted by molar-refractivity contribution is 6.00. The van der Waals surface area contributed by atoms with Crippen molar-refractivity contribution in [1.29, 1.82) is 0 Å². The van der Waals surface area contributed by atoms with Crippen LogP contribution >= 0.6 is 0 Å². The first-order chi connectivity index (χ1) is 12.6. The highest BCUT2D eigenvalue weighted by Crippen LogP contribution is 2.67. The largest absolute Gasteiger partial charge is 0.538 e. The molecule has 1 spiro atoms. The lowest BCUT2D eigenvalue weighted by Gasteiger charge is -2.61. The summed E-state index contributed by atoms with van der Waals surface area (Å²) in [5, 5.41) is 11.2. The van der Waals surface area contributed by atoms with Crippen molar-refractivity contribution in [2.75, 3.05) is 13.6 Å². The quantitative estimate of drug-likeness (QED) is 0.655. The van der Waals surface area contributed by atoms with Gasteiger partial charge in [-0.1, -0.05) is 31.6 Å². The lowest BCUT2D eigenvalue weighted by Crippen LogP contribution is -2.71. The van der Waals surface area contributed by atoms with Crippen LogP contribution in [-0.4, -0.2) is 51.8 Å². The molecule has 1 aromatic rings. The van der Waals surface area contributed by atoms with Gasteiger partial charge < -0.3 is 19.2 Å². The number of benzene rings is 1. The van der Waals surface area contributed by atoms with Crippen LogP contribution < -0.4 is 9.16 Å². The lowest BCUT2D eigenvalue weighted by atomic mass is 9.48. The van der Waals surface area contributed by atoms with Crippen molar-refractivity contribution in [1.82, 2.24) is 4.90 Å². The van der Waals surface area contributed by atoms with Gasteiger partial charge in [-0.2, -0.15) is 0 Å². The first-order valence-corrected chi connectivity index (χ1v) is 10.3. The van der Waals surface area contributed by atoms with E-state index in [2.05, 4.69) is 41.5 Å². The number of ether oxygens (including phenoxy) is 1. The van der Waals surface area contributed by atoms with E-state index in [-0.39, 0.29) is 5.41 Å². The maximum atomic E-state index is 11.2. The molecular formula is C21H26NO3Si. The molecule has 2 aliphatic heterocycles. The second-order valence-electron chi connectivity index (χ2n) is 8.45. The van der Waals surface area contributed by atoms with Crippen LogP contribution in [0, 0.1) is 5.92 Å². The molecule has 1 aromatic carbocycles. The van der Waals surface area contributed by atoms with E-state index in [0.29, 0.717) is 12.0 Å². The van der Waals surface area contributed by atoms with E-state index in [1.807, 2.05) is 12.1 Å². The van der Waals surface area contributed by atoms with Crippen molar-refractivity contribution in [3.05, 3.63) is 35.4 Å². The average molecular weight is 369 g/mol. The monoisotopic (exact) mass is 368 g/mol. The van der Waals surface area contributed by atoms with E-state index in [0.717, 1.165) is 50.1 Å². The molecule has 5 atom stereocenters. The Balaban J connectivity index is 1.81. The number of hydrogen-bond donors (Lipinski definition) is 1. The summed E-state index contributed by atoms with van der Waals surface area (Å²) in [6.07, 6.45) is 8.74. The molecule has 1 fully saturated rings. The molecule has 5 rings (SSSR count). The summed E-state index contributed by atoms with van der Waals surface area (Å²) in [6, 6.07) is 4.66. The molecule has 5 heteroatoms. The Morgan fingerprint density at radius 2 is 2.23 bits per heavy atom. The Kier molecular flexibility index (Phi) is 3.63. The van der Waals surface area contributed by atoms with Crippen LogP contribution in [-0.2, 0) is 11.8 Å². The third-order valence-corrected chi connectivity index (χ3v) is 7.74. The number of likely N-dealkylation sites (N-methyl/N-ethyl adjacent to an activating group) is 1. The number of aliphatic hydroxyl groups is 1. The first-order valence-electron chi connectivity index (χ1n) is 9.84. The molecule has 4 aliphatic rings. The number of hydrogen-bond acceptors (Lipinski definition) is 4. The Bertz CT molecular complexity index is 781. The number of aliphatic hydroxyl groups excluding tert-OH is 1. The molecule has 26 heavy (non-hydrogen) atoms. The van der Waals surface area contributed by atoms with Gasteiger partial charge in [-0.05, 0) is 50.9 Å². The van der Waals surface area contributed by atoms with Crippen molar-refractivity contribution in [3.8, 4) is 11.5 Å². The molecule has 2 bridgehead atoms. The van der Waals surface area contributed by atoms with Crippen molar-refractivity contribution < 1.29 is 14.3 Å². The fourth-order valence-electron chi connectivity index (χ4n) is 6.37. The van der Waals surface area contributed by atoms with Crippen LogP contribution in [0.5, 0.6) is 11.5 Å². The Hall–Kier alpha value is -1.30. The zero-order valence-electron chi connectivity index (χ0n) is 15.5. The highest BCUT2D eigenvalue weighted by atomic mass is 28.2. The average Bonchev–Trinajstić information content (AvgIpc) is 2.95. The summed E-state index contributed by atoms with van der Waals surface area (Å²) in [6.45, 7) is 3.24. The minimum absolute atomic E-state index is 0.156. The number of nitrogens with zero attached hydrogens (tertiary/aromatic N) is 1. The number of unbranched alkanes of at least 4 members (excludes halogenated alkanes) is 1. The van der Waals surface area contributed by atoms with Gasteiger partial charge in [-0.3, -0.25) is 0 Å². The molecular weight excluding hydrogens is 342 g/mol. The predicted molar refractivity (Wildman–Crippen MR) is 101 cm³/mol. The van der Waals surface area contributed by atoms with Gasteiger partial charge in [0.1, 0.15) is 17.5 Å². The topological polar surface area (TPSA) is 41.9 Å². The highest BCUT2D eigenvalue weighted by Gasteiger charge is 2.71. The van der Waals surface area contributed by atoms with Crippen LogP contribution in [0.15, 0.2) is 24.3 Å². The van der Waals surface area contributed by atoms with Gasteiger partial charge in [0, 0.05) is 17.5 Å². The van der Waals surface area contributed by atoms with E-state index in [1.54, 1.807) is 0 Å². The third-order valence-electron chi connectivity index (χ3n) is 7.52. The van der Waals surface area contributed by atoms with Gasteiger partial charge in [0.2, 0.25) is 0 Å². The van der Waals surface area contributed by atoms with Gasteiger partial charge >= 0.3 is 10.5 Å². The van der Waals surface area contributed by atoms with E-state index < -0.39 is 11.7 Å². The minimum Gasteiger partial charge on any atom is -0.538 e. The maximum absolute atomic E-state index is 11.2.